The minimum atomic E-state index is 0.405. The van der Waals surface area contributed by atoms with Crippen LogP contribution >= 0.6 is 0 Å². The second kappa shape index (κ2) is 6.86. The van der Waals surface area contributed by atoms with E-state index in [1.54, 1.807) is 0 Å². The Morgan fingerprint density at radius 1 is 1.14 bits per heavy atom. The number of nitrogens with zero attached hydrogens (tertiary/aromatic N) is 1. The Morgan fingerprint density at radius 2 is 1.95 bits per heavy atom. The van der Waals surface area contributed by atoms with Gasteiger partial charge in [0.25, 0.3) is 0 Å². The molecule has 1 aromatic carbocycles. The standard InChI is InChI=1S/C19H24N2/c1-20-19(13-12-18-7-2-3-14-21-18)17-10-8-16(9-11-17)15-5-4-6-15/h2-3,7-11,14-15,19-20H,4-6,12-13H2,1H3. The highest BCUT2D eigenvalue weighted by atomic mass is 14.9. The van der Waals surface area contributed by atoms with Crippen molar-refractivity contribution >= 4 is 0 Å². The van der Waals surface area contributed by atoms with E-state index in [2.05, 4.69) is 46.7 Å². The maximum Gasteiger partial charge on any atom is 0.0404 e. The quantitative estimate of drug-likeness (QED) is 0.856. The molecule has 1 heterocycles. The molecule has 2 nitrogen and oxygen atoms in total. The molecule has 110 valence electrons. The Balaban J connectivity index is 1.62. The molecule has 0 saturated heterocycles. The molecular weight excluding hydrogens is 256 g/mol. The van der Waals surface area contributed by atoms with Crippen molar-refractivity contribution in [1.29, 1.82) is 0 Å². The minimum Gasteiger partial charge on any atom is -0.313 e. The summed E-state index contributed by atoms with van der Waals surface area (Å²) in [5, 5.41) is 3.44. The van der Waals surface area contributed by atoms with Crippen LogP contribution in [0.3, 0.4) is 0 Å². The van der Waals surface area contributed by atoms with Gasteiger partial charge in [-0.1, -0.05) is 36.8 Å². The predicted octanol–water partition coefficient (Wildman–Crippen LogP) is 4.24. The zero-order valence-electron chi connectivity index (χ0n) is 12.8. The molecule has 1 atom stereocenters. The van der Waals surface area contributed by atoms with E-state index in [0.29, 0.717) is 6.04 Å². The highest BCUT2D eigenvalue weighted by Crippen LogP contribution is 2.36. The van der Waals surface area contributed by atoms with E-state index in [0.717, 1.165) is 18.8 Å². The van der Waals surface area contributed by atoms with E-state index >= 15 is 0 Å². The van der Waals surface area contributed by atoms with Crippen LogP contribution in [-0.4, -0.2) is 12.0 Å². The Bertz CT molecular complexity index is 544. The number of aryl methyl sites for hydroxylation is 1. The molecule has 21 heavy (non-hydrogen) atoms. The smallest absolute Gasteiger partial charge is 0.0404 e. The van der Waals surface area contributed by atoms with Gasteiger partial charge in [-0.2, -0.15) is 0 Å². The third-order valence-electron chi connectivity index (χ3n) is 4.68. The van der Waals surface area contributed by atoms with Gasteiger partial charge in [-0.05, 0) is 61.9 Å². The number of pyridine rings is 1. The highest BCUT2D eigenvalue weighted by molar-refractivity contribution is 5.28. The zero-order valence-corrected chi connectivity index (χ0v) is 12.8. The second-order valence-corrected chi connectivity index (χ2v) is 6.00. The lowest BCUT2D eigenvalue weighted by atomic mass is 9.80. The summed E-state index contributed by atoms with van der Waals surface area (Å²) in [6, 6.07) is 15.8. The SMILES string of the molecule is CNC(CCc1ccccn1)c1ccc(C2CCC2)cc1. The molecule has 0 radical (unpaired) electrons. The molecule has 1 aliphatic carbocycles. The van der Waals surface area contributed by atoms with Crippen molar-refractivity contribution in [2.45, 2.75) is 44.1 Å². The van der Waals surface area contributed by atoms with Crippen LogP contribution in [0.1, 0.15) is 54.5 Å². The molecule has 1 aromatic heterocycles. The fourth-order valence-corrected chi connectivity index (χ4v) is 3.06. The summed E-state index contributed by atoms with van der Waals surface area (Å²) < 4.78 is 0. The number of aromatic nitrogens is 1. The molecule has 1 fully saturated rings. The van der Waals surface area contributed by atoms with Crippen LogP contribution in [0, 0.1) is 0 Å². The summed E-state index contributed by atoms with van der Waals surface area (Å²) in [4.78, 5) is 4.41. The largest absolute Gasteiger partial charge is 0.313 e. The highest BCUT2D eigenvalue weighted by Gasteiger charge is 2.19. The molecule has 1 unspecified atom stereocenters. The van der Waals surface area contributed by atoms with Gasteiger partial charge < -0.3 is 5.32 Å². The fraction of sp³-hybridized carbons (Fsp3) is 0.421. The molecule has 0 aliphatic heterocycles. The maximum absolute atomic E-state index is 4.41. The summed E-state index contributed by atoms with van der Waals surface area (Å²) in [7, 11) is 2.04. The van der Waals surface area contributed by atoms with Crippen LogP contribution in [-0.2, 0) is 6.42 Å². The Hall–Kier alpha value is -1.67. The van der Waals surface area contributed by atoms with Crippen molar-refractivity contribution in [3.8, 4) is 0 Å². The van der Waals surface area contributed by atoms with E-state index in [1.807, 2.05) is 19.3 Å². The summed E-state index contributed by atoms with van der Waals surface area (Å²) in [6.07, 6.45) is 8.10. The number of rotatable bonds is 6. The molecule has 2 aromatic rings. The lowest BCUT2D eigenvalue weighted by Crippen LogP contribution is -2.17. The first kappa shape index (κ1) is 14.3. The maximum atomic E-state index is 4.41. The minimum absolute atomic E-state index is 0.405. The molecule has 0 spiro atoms. The van der Waals surface area contributed by atoms with Crippen LogP contribution in [0.2, 0.25) is 0 Å². The van der Waals surface area contributed by atoms with Crippen molar-refractivity contribution in [3.63, 3.8) is 0 Å². The first-order valence-corrected chi connectivity index (χ1v) is 8.04. The van der Waals surface area contributed by atoms with Gasteiger partial charge in [-0.3, -0.25) is 4.98 Å². The van der Waals surface area contributed by atoms with Gasteiger partial charge in [0, 0.05) is 17.9 Å². The summed E-state index contributed by atoms with van der Waals surface area (Å²) in [5.41, 5.74) is 4.07. The molecule has 0 amide bonds. The van der Waals surface area contributed by atoms with Crippen molar-refractivity contribution in [2.75, 3.05) is 7.05 Å². The Morgan fingerprint density at radius 3 is 2.52 bits per heavy atom. The number of nitrogens with one attached hydrogen (secondary N) is 1. The van der Waals surface area contributed by atoms with E-state index in [9.17, 15) is 0 Å². The monoisotopic (exact) mass is 280 g/mol. The third kappa shape index (κ3) is 3.51. The van der Waals surface area contributed by atoms with Gasteiger partial charge >= 0.3 is 0 Å². The first-order valence-electron chi connectivity index (χ1n) is 8.04. The first-order chi connectivity index (χ1) is 10.4. The van der Waals surface area contributed by atoms with Crippen molar-refractivity contribution in [1.82, 2.24) is 10.3 Å². The van der Waals surface area contributed by atoms with Crippen molar-refractivity contribution in [3.05, 3.63) is 65.5 Å². The van der Waals surface area contributed by atoms with Gasteiger partial charge in [-0.25, -0.2) is 0 Å². The third-order valence-corrected chi connectivity index (χ3v) is 4.68. The molecular formula is C19H24N2. The van der Waals surface area contributed by atoms with Crippen molar-refractivity contribution in [2.24, 2.45) is 0 Å². The Kier molecular flexibility index (Phi) is 4.66. The van der Waals surface area contributed by atoms with Gasteiger partial charge in [0.05, 0.1) is 0 Å². The molecule has 3 rings (SSSR count). The molecule has 0 bridgehead atoms. The second-order valence-electron chi connectivity index (χ2n) is 6.00. The van der Waals surface area contributed by atoms with Crippen LogP contribution in [0.4, 0.5) is 0 Å². The van der Waals surface area contributed by atoms with Gasteiger partial charge in [0.2, 0.25) is 0 Å². The van der Waals surface area contributed by atoms with E-state index in [-0.39, 0.29) is 0 Å². The number of hydrogen-bond donors (Lipinski definition) is 1. The summed E-state index contributed by atoms with van der Waals surface area (Å²) >= 11 is 0. The molecule has 1 saturated carbocycles. The molecule has 1 aliphatic rings. The topological polar surface area (TPSA) is 24.9 Å². The van der Waals surface area contributed by atoms with Crippen LogP contribution in [0.25, 0.3) is 0 Å². The van der Waals surface area contributed by atoms with Gasteiger partial charge in [0.1, 0.15) is 0 Å². The summed E-state index contributed by atoms with van der Waals surface area (Å²) in [5.74, 6) is 0.820. The molecule has 2 heteroatoms. The predicted molar refractivity (Wildman–Crippen MR) is 87.4 cm³/mol. The lowest BCUT2D eigenvalue weighted by Gasteiger charge is -2.26. The van der Waals surface area contributed by atoms with Crippen LogP contribution < -0.4 is 5.32 Å². The van der Waals surface area contributed by atoms with Crippen molar-refractivity contribution < 1.29 is 0 Å². The summed E-state index contributed by atoms with van der Waals surface area (Å²) in [6.45, 7) is 0. The number of benzene rings is 1. The average molecular weight is 280 g/mol. The van der Waals surface area contributed by atoms with E-state index in [4.69, 9.17) is 0 Å². The van der Waals surface area contributed by atoms with Gasteiger partial charge in [0.15, 0.2) is 0 Å². The fourth-order valence-electron chi connectivity index (χ4n) is 3.06. The van der Waals surface area contributed by atoms with Crippen LogP contribution in [0.5, 0.6) is 0 Å². The zero-order chi connectivity index (χ0) is 14.5. The van der Waals surface area contributed by atoms with Gasteiger partial charge in [-0.15, -0.1) is 0 Å². The van der Waals surface area contributed by atoms with E-state index in [1.165, 1.54) is 36.1 Å². The lowest BCUT2D eigenvalue weighted by molar-refractivity contribution is 0.419. The Labute approximate surface area is 127 Å². The van der Waals surface area contributed by atoms with Crippen LogP contribution in [0.15, 0.2) is 48.7 Å². The normalized spacial score (nSPS) is 16.4. The average Bonchev–Trinajstić information content (AvgIpc) is 2.49. The molecule has 1 N–H and O–H groups in total. The number of hydrogen-bond acceptors (Lipinski definition) is 2. The van der Waals surface area contributed by atoms with E-state index < -0.39 is 0 Å².